The highest BCUT2D eigenvalue weighted by molar-refractivity contribution is 5.66. The second-order valence-electron chi connectivity index (χ2n) is 5.87. The highest BCUT2D eigenvalue weighted by Crippen LogP contribution is 2.30. The normalized spacial score (nSPS) is 10.3. The third kappa shape index (κ3) is 5.31. The van der Waals surface area contributed by atoms with Gasteiger partial charge < -0.3 is 20.1 Å². The lowest BCUT2D eigenvalue weighted by Gasteiger charge is -2.12. The molecule has 0 amide bonds. The van der Waals surface area contributed by atoms with Gasteiger partial charge in [-0.1, -0.05) is 30.3 Å². The Labute approximate surface area is 158 Å². The summed E-state index contributed by atoms with van der Waals surface area (Å²) in [5.74, 6) is 2.46. The van der Waals surface area contributed by atoms with Crippen LogP contribution < -0.4 is 20.1 Å². The molecule has 0 aliphatic heterocycles. The van der Waals surface area contributed by atoms with Gasteiger partial charge in [-0.25, -0.2) is 0 Å². The Bertz CT molecular complexity index is 858. The second kappa shape index (κ2) is 9.38. The van der Waals surface area contributed by atoms with Gasteiger partial charge in [0.15, 0.2) is 5.82 Å². The van der Waals surface area contributed by atoms with E-state index in [1.807, 2.05) is 24.3 Å². The van der Waals surface area contributed by atoms with Crippen molar-refractivity contribution in [2.45, 2.75) is 12.8 Å². The van der Waals surface area contributed by atoms with E-state index in [-0.39, 0.29) is 0 Å². The largest absolute Gasteiger partial charge is 0.497 e. The molecular formula is C20H23N5O2. The van der Waals surface area contributed by atoms with Crippen LogP contribution in [0.2, 0.25) is 0 Å². The number of ether oxygens (including phenoxy) is 2. The van der Waals surface area contributed by atoms with Crippen molar-refractivity contribution in [3.8, 4) is 11.5 Å². The minimum Gasteiger partial charge on any atom is -0.497 e. The lowest BCUT2D eigenvalue weighted by atomic mass is 10.1. The van der Waals surface area contributed by atoms with Gasteiger partial charge in [0.1, 0.15) is 11.5 Å². The molecule has 0 aliphatic carbocycles. The Morgan fingerprint density at radius 3 is 2.63 bits per heavy atom. The Kier molecular flexibility index (Phi) is 6.40. The van der Waals surface area contributed by atoms with Crippen LogP contribution in [0.25, 0.3) is 0 Å². The predicted octanol–water partition coefficient (Wildman–Crippen LogP) is 3.68. The molecule has 2 N–H and O–H groups in total. The molecule has 0 fully saturated rings. The Balaban J connectivity index is 1.59. The summed E-state index contributed by atoms with van der Waals surface area (Å²) in [4.78, 5) is 4.45. The zero-order chi connectivity index (χ0) is 18.9. The number of nitrogens with zero attached hydrogens (tertiary/aromatic N) is 3. The Morgan fingerprint density at radius 2 is 1.85 bits per heavy atom. The number of hydrogen-bond donors (Lipinski definition) is 2. The zero-order valence-electron chi connectivity index (χ0n) is 15.5. The van der Waals surface area contributed by atoms with Crippen LogP contribution in [0, 0.1) is 0 Å². The summed E-state index contributed by atoms with van der Waals surface area (Å²) in [5.41, 5.74) is 2.06. The highest BCUT2D eigenvalue weighted by atomic mass is 16.5. The Hall–Kier alpha value is -3.35. The highest BCUT2D eigenvalue weighted by Gasteiger charge is 2.07. The van der Waals surface area contributed by atoms with E-state index in [0.29, 0.717) is 17.5 Å². The fourth-order valence-electron chi connectivity index (χ4n) is 2.63. The predicted molar refractivity (Wildman–Crippen MR) is 106 cm³/mol. The van der Waals surface area contributed by atoms with Crippen molar-refractivity contribution < 1.29 is 9.47 Å². The molecule has 0 spiro atoms. The molecule has 3 aromatic rings. The monoisotopic (exact) mass is 365 g/mol. The number of anilines is 3. The number of methoxy groups -OCH3 is 2. The molecule has 2 aromatic carbocycles. The van der Waals surface area contributed by atoms with E-state index in [0.717, 1.165) is 30.8 Å². The van der Waals surface area contributed by atoms with E-state index >= 15 is 0 Å². The van der Waals surface area contributed by atoms with E-state index in [2.05, 4.69) is 50.1 Å². The average molecular weight is 365 g/mol. The van der Waals surface area contributed by atoms with Crippen molar-refractivity contribution in [3.05, 3.63) is 60.3 Å². The fraction of sp³-hybridized carbons (Fsp3) is 0.250. The van der Waals surface area contributed by atoms with Gasteiger partial charge in [-0.2, -0.15) is 10.1 Å². The number of rotatable bonds is 9. The number of aryl methyl sites for hydroxylation is 1. The Morgan fingerprint density at radius 1 is 1.00 bits per heavy atom. The van der Waals surface area contributed by atoms with Crippen molar-refractivity contribution in [1.29, 1.82) is 0 Å². The lowest BCUT2D eigenvalue weighted by Crippen LogP contribution is -2.08. The van der Waals surface area contributed by atoms with Crippen LogP contribution in [-0.4, -0.2) is 35.9 Å². The molecule has 7 nitrogen and oxygen atoms in total. The summed E-state index contributed by atoms with van der Waals surface area (Å²) in [6, 6.07) is 15.9. The van der Waals surface area contributed by atoms with Gasteiger partial charge >= 0.3 is 0 Å². The number of aromatic nitrogens is 3. The van der Waals surface area contributed by atoms with Crippen LogP contribution >= 0.6 is 0 Å². The van der Waals surface area contributed by atoms with E-state index in [9.17, 15) is 0 Å². The molecule has 7 heteroatoms. The van der Waals surface area contributed by atoms with Gasteiger partial charge in [-0.15, -0.1) is 5.10 Å². The van der Waals surface area contributed by atoms with Gasteiger partial charge in [0.05, 0.1) is 26.1 Å². The second-order valence-corrected chi connectivity index (χ2v) is 5.87. The van der Waals surface area contributed by atoms with Crippen molar-refractivity contribution in [2.24, 2.45) is 0 Å². The maximum absolute atomic E-state index is 5.37. The van der Waals surface area contributed by atoms with Crippen LogP contribution in [0.4, 0.5) is 17.5 Å². The van der Waals surface area contributed by atoms with Crippen molar-refractivity contribution in [2.75, 3.05) is 31.4 Å². The molecule has 0 bridgehead atoms. The van der Waals surface area contributed by atoms with Gasteiger partial charge in [0.25, 0.3) is 0 Å². The summed E-state index contributed by atoms with van der Waals surface area (Å²) in [6.45, 7) is 0.766. The molecule has 0 aliphatic rings. The molecule has 0 saturated heterocycles. The van der Waals surface area contributed by atoms with Gasteiger partial charge in [-0.3, -0.25) is 0 Å². The van der Waals surface area contributed by atoms with Crippen LogP contribution in [0.3, 0.4) is 0 Å². The third-order valence-electron chi connectivity index (χ3n) is 4.00. The smallest absolute Gasteiger partial charge is 0.244 e. The molecule has 3 rings (SSSR count). The zero-order valence-corrected chi connectivity index (χ0v) is 15.5. The molecule has 1 heterocycles. The fourth-order valence-corrected chi connectivity index (χ4v) is 2.63. The molecule has 1 aromatic heterocycles. The minimum absolute atomic E-state index is 0.481. The summed E-state index contributed by atoms with van der Waals surface area (Å²) in [6.07, 6.45) is 3.54. The lowest BCUT2D eigenvalue weighted by molar-refractivity contribution is 0.405. The van der Waals surface area contributed by atoms with E-state index in [1.165, 1.54) is 5.56 Å². The minimum atomic E-state index is 0.481. The quantitative estimate of drug-likeness (QED) is 0.560. The van der Waals surface area contributed by atoms with Crippen molar-refractivity contribution >= 4 is 17.5 Å². The first-order valence-corrected chi connectivity index (χ1v) is 8.75. The molecule has 140 valence electrons. The van der Waals surface area contributed by atoms with Gasteiger partial charge in [0.2, 0.25) is 5.95 Å². The third-order valence-corrected chi connectivity index (χ3v) is 4.00. The van der Waals surface area contributed by atoms with E-state index in [4.69, 9.17) is 9.47 Å². The average Bonchev–Trinajstić information content (AvgIpc) is 2.72. The number of hydrogen-bond acceptors (Lipinski definition) is 7. The first kappa shape index (κ1) is 18.4. The summed E-state index contributed by atoms with van der Waals surface area (Å²) in [5, 5.41) is 14.4. The molecule has 0 radical (unpaired) electrons. The first-order chi connectivity index (χ1) is 13.3. The van der Waals surface area contributed by atoms with E-state index < -0.39 is 0 Å². The summed E-state index contributed by atoms with van der Waals surface area (Å²) >= 11 is 0. The molecule has 27 heavy (non-hydrogen) atoms. The van der Waals surface area contributed by atoms with Crippen LogP contribution in [-0.2, 0) is 6.42 Å². The topological polar surface area (TPSA) is 81.2 Å². The molecular weight excluding hydrogens is 342 g/mol. The maximum Gasteiger partial charge on any atom is 0.244 e. The van der Waals surface area contributed by atoms with Crippen molar-refractivity contribution in [1.82, 2.24) is 15.2 Å². The molecule has 0 unspecified atom stereocenters. The van der Waals surface area contributed by atoms with Crippen LogP contribution in [0.1, 0.15) is 12.0 Å². The standard InChI is InChI=1S/C20H23N5O2/c1-26-16-10-11-18(27-2)17(13-16)23-19-14-22-25-20(24-19)21-12-6-9-15-7-4-3-5-8-15/h3-5,7-8,10-11,13-14H,6,9,12H2,1-2H3,(H2,21,23,24,25). The van der Waals surface area contributed by atoms with Crippen LogP contribution in [0.5, 0.6) is 11.5 Å². The van der Waals surface area contributed by atoms with Crippen LogP contribution in [0.15, 0.2) is 54.7 Å². The molecule has 0 saturated carbocycles. The van der Waals surface area contributed by atoms with E-state index in [1.54, 1.807) is 20.4 Å². The molecule has 0 atom stereocenters. The first-order valence-electron chi connectivity index (χ1n) is 8.75. The number of nitrogens with one attached hydrogen (secondary N) is 2. The van der Waals surface area contributed by atoms with Gasteiger partial charge in [0, 0.05) is 12.6 Å². The summed E-state index contributed by atoms with van der Waals surface area (Å²) in [7, 11) is 3.24. The maximum atomic E-state index is 5.37. The summed E-state index contributed by atoms with van der Waals surface area (Å²) < 4.78 is 10.6. The SMILES string of the molecule is COc1ccc(OC)c(Nc2cnnc(NCCCc3ccccc3)n2)c1. The van der Waals surface area contributed by atoms with Gasteiger partial charge in [-0.05, 0) is 30.5 Å². The van der Waals surface area contributed by atoms with Crippen molar-refractivity contribution in [3.63, 3.8) is 0 Å². The number of benzene rings is 2.